The summed E-state index contributed by atoms with van der Waals surface area (Å²) < 4.78 is 54.9. The van der Waals surface area contributed by atoms with Gasteiger partial charge >= 0.3 is 0 Å². The molecule has 0 saturated carbocycles. The summed E-state index contributed by atoms with van der Waals surface area (Å²) >= 11 is 1.83. The molecule has 4 nitrogen and oxygen atoms in total. The standard InChI is InChI=1S/C74H64BN3OS/c1-72(2,3)50-28-33-53(34-29-50)76(62-26-18-16-24-57(62)48-22-14-11-15-23-48)56-37-39-61-63(46-56)77(54-35-30-51(31-36-54)73(4,5)6)64-42-49(47-20-12-10-13-21-47)43-65-69(64)75(61)71-70(60-44-52(74(7,8)9)32-41-68(60)80-71)78(65)55-38-40-67-59(45-55)58-25-17-19-27-66(58)79-67/h10-46H,1-9H3/i10D,12D,13D,20D,21D. The number of furan rings is 1. The van der Waals surface area contributed by atoms with Gasteiger partial charge < -0.3 is 19.1 Å². The molecule has 10 aromatic carbocycles. The Bertz CT molecular complexity index is 4660. The quantitative estimate of drug-likeness (QED) is 0.148. The molecule has 6 heteroatoms. The van der Waals surface area contributed by atoms with E-state index in [4.69, 9.17) is 8.53 Å². The molecule has 0 unspecified atom stereocenters. The molecule has 0 N–H and O–H groups in total. The van der Waals surface area contributed by atoms with Gasteiger partial charge in [0.1, 0.15) is 11.2 Å². The Morgan fingerprint density at radius 2 is 1.07 bits per heavy atom. The average Bonchev–Trinajstić information content (AvgIpc) is 1.83. The van der Waals surface area contributed by atoms with Crippen LogP contribution in [0.4, 0.5) is 51.2 Å². The van der Waals surface area contributed by atoms with Crippen molar-refractivity contribution >= 4 is 117 Å². The van der Waals surface area contributed by atoms with E-state index in [9.17, 15) is 2.74 Å². The number of thiophene rings is 1. The first-order chi connectivity index (χ1) is 40.6. The molecule has 80 heavy (non-hydrogen) atoms. The van der Waals surface area contributed by atoms with Gasteiger partial charge in [-0.1, -0.05) is 196 Å². The minimum atomic E-state index is -0.433. The van der Waals surface area contributed by atoms with E-state index in [-0.39, 0.29) is 52.7 Å². The highest BCUT2D eigenvalue weighted by atomic mass is 32.1. The normalized spacial score (nSPS) is 14.1. The third kappa shape index (κ3) is 8.26. The van der Waals surface area contributed by atoms with Crippen LogP contribution in [-0.4, -0.2) is 6.71 Å². The van der Waals surface area contributed by atoms with Crippen LogP contribution in [0.1, 0.15) is 85.9 Å². The lowest BCUT2D eigenvalue weighted by Crippen LogP contribution is -2.60. The molecule has 0 fully saturated rings. The molecule has 0 amide bonds. The lowest BCUT2D eigenvalue weighted by Gasteiger charge is -2.44. The summed E-state index contributed by atoms with van der Waals surface area (Å²) in [5.74, 6) is 0. The fraction of sp³-hybridized carbons (Fsp3) is 0.162. The monoisotopic (exact) mass is 1060 g/mol. The summed E-state index contributed by atoms with van der Waals surface area (Å²) in [7, 11) is 0. The van der Waals surface area contributed by atoms with Crippen LogP contribution in [0.3, 0.4) is 0 Å². The van der Waals surface area contributed by atoms with Crippen LogP contribution >= 0.6 is 11.3 Å². The number of nitrogens with zero attached hydrogens (tertiary/aromatic N) is 3. The van der Waals surface area contributed by atoms with Crippen LogP contribution in [-0.2, 0) is 16.2 Å². The first-order valence-electron chi connectivity index (χ1n) is 30.3. The van der Waals surface area contributed by atoms with Crippen LogP contribution in [0.2, 0.25) is 0 Å². The molecule has 2 aliphatic heterocycles. The number of anilines is 9. The van der Waals surface area contributed by atoms with Crippen LogP contribution in [0.15, 0.2) is 229 Å². The molecule has 0 saturated heterocycles. The highest BCUT2D eigenvalue weighted by Gasteiger charge is 2.46. The second kappa shape index (κ2) is 18.5. The second-order valence-electron chi connectivity index (χ2n) is 24.6. The maximum atomic E-state index is 9.61. The molecule has 14 rings (SSSR count). The summed E-state index contributed by atoms with van der Waals surface area (Å²) in [5.41, 5.74) is 18.4. The lowest BCUT2D eigenvalue weighted by molar-refractivity contribution is 0.590. The molecule has 0 radical (unpaired) electrons. The van der Waals surface area contributed by atoms with Crippen molar-refractivity contribution in [2.75, 3.05) is 14.7 Å². The third-order valence-electron chi connectivity index (χ3n) is 16.4. The van der Waals surface area contributed by atoms with Gasteiger partial charge in [-0.2, -0.15) is 0 Å². The molecule has 0 spiro atoms. The Hall–Kier alpha value is -8.58. The Kier molecular flexibility index (Phi) is 10.2. The number of para-hydroxylation sites is 2. The van der Waals surface area contributed by atoms with E-state index in [1.165, 1.54) is 21.5 Å². The summed E-state index contributed by atoms with van der Waals surface area (Å²) in [6.45, 7) is 19.9. The van der Waals surface area contributed by atoms with E-state index < -0.39 is 6.04 Å². The van der Waals surface area contributed by atoms with E-state index in [1.54, 1.807) is 0 Å². The highest BCUT2D eigenvalue weighted by molar-refractivity contribution is 7.33. The summed E-state index contributed by atoms with van der Waals surface area (Å²) in [4.78, 5) is 7.14. The van der Waals surface area contributed by atoms with E-state index in [0.29, 0.717) is 5.56 Å². The third-order valence-corrected chi connectivity index (χ3v) is 17.6. The zero-order chi connectivity index (χ0) is 59.2. The first kappa shape index (κ1) is 44.3. The van der Waals surface area contributed by atoms with Crippen molar-refractivity contribution in [3.63, 3.8) is 0 Å². The van der Waals surface area contributed by atoms with Gasteiger partial charge in [0, 0.05) is 71.0 Å². The summed E-state index contributed by atoms with van der Waals surface area (Å²) in [5, 5.41) is 3.10. The highest BCUT2D eigenvalue weighted by Crippen LogP contribution is 2.52. The maximum absolute atomic E-state index is 9.61. The van der Waals surface area contributed by atoms with Gasteiger partial charge in [-0.05, 0) is 152 Å². The SMILES string of the molecule is [2H]c1c([2H])c([2H])c(-c2cc3c4c(c2)N(c2ccc5oc6ccccc6c5c2)c2c(sc5ccc(C(C)(C)C)cc25)B4c2ccc(N(c4ccc(C(C)(C)C)cc4)c4ccccc4-c4ccccc4)cc2N3c2ccc(C(C)(C)C)cc2)c([2H])c1[2H]. The number of rotatable bonds is 7. The molecule has 0 atom stereocenters. The van der Waals surface area contributed by atoms with E-state index in [0.717, 1.165) is 105 Å². The summed E-state index contributed by atoms with van der Waals surface area (Å²) in [6, 6.07) is 68.1. The topological polar surface area (TPSA) is 22.9 Å². The number of benzene rings is 10. The molecular formula is C74H64BN3OS. The predicted octanol–water partition coefficient (Wildman–Crippen LogP) is 19.6. The van der Waals surface area contributed by atoms with Crippen LogP contribution in [0.5, 0.6) is 0 Å². The molecule has 0 bridgehead atoms. The Morgan fingerprint density at radius 1 is 0.463 bits per heavy atom. The van der Waals surface area contributed by atoms with Gasteiger partial charge in [-0.15, -0.1) is 11.3 Å². The van der Waals surface area contributed by atoms with Gasteiger partial charge in [0.15, 0.2) is 0 Å². The van der Waals surface area contributed by atoms with Crippen molar-refractivity contribution in [3.05, 3.63) is 241 Å². The molecule has 12 aromatic rings. The smallest absolute Gasteiger partial charge is 0.264 e. The van der Waals surface area contributed by atoms with E-state index in [1.807, 2.05) is 29.5 Å². The first-order valence-corrected chi connectivity index (χ1v) is 28.6. The van der Waals surface area contributed by atoms with E-state index in [2.05, 4.69) is 253 Å². The summed E-state index contributed by atoms with van der Waals surface area (Å²) in [6.07, 6.45) is 0. The van der Waals surface area contributed by atoms with E-state index >= 15 is 0 Å². The fourth-order valence-corrected chi connectivity index (χ4v) is 13.5. The van der Waals surface area contributed by atoms with Crippen molar-refractivity contribution in [3.8, 4) is 22.3 Å². The van der Waals surface area contributed by atoms with Crippen LogP contribution < -0.4 is 30.4 Å². The minimum absolute atomic E-state index is 0.0594. The van der Waals surface area contributed by atoms with Crippen molar-refractivity contribution in [2.24, 2.45) is 0 Å². The van der Waals surface area contributed by atoms with Crippen molar-refractivity contribution in [2.45, 2.75) is 78.6 Å². The average molecular weight is 1060 g/mol. The van der Waals surface area contributed by atoms with Gasteiger partial charge in [0.25, 0.3) is 6.71 Å². The van der Waals surface area contributed by atoms with Crippen molar-refractivity contribution in [1.29, 1.82) is 0 Å². The van der Waals surface area contributed by atoms with Gasteiger partial charge in [0.2, 0.25) is 0 Å². The molecule has 2 aliphatic rings. The van der Waals surface area contributed by atoms with Crippen molar-refractivity contribution < 1.29 is 11.3 Å². The van der Waals surface area contributed by atoms with Crippen LogP contribution in [0.25, 0.3) is 54.3 Å². The zero-order valence-corrected chi connectivity index (χ0v) is 47.5. The largest absolute Gasteiger partial charge is 0.456 e. The van der Waals surface area contributed by atoms with Gasteiger partial charge in [0.05, 0.1) is 18.2 Å². The molecular weight excluding hydrogens is 990 g/mol. The zero-order valence-electron chi connectivity index (χ0n) is 51.7. The molecule has 390 valence electrons. The Morgan fingerprint density at radius 3 is 1.80 bits per heavy atom. The van der Waals surface area contributed by atoms with Crippen molar-refractivity contribution in [1.82, 2.24) is 0 Å². The van der Waals surface area contributed by atoms with Gasteiger partial charge in [-0.25, -0.2) is 0 Å². The molecule has 2 aromatic heterocycles. The number of fused-ring (bicyclic) bond motifs is 9. The second-order valence-corrected chi connectivity index (χ2v) is 25.7. The predicted molar refractivity (Wildman–Crippen MR) is 345 cm³/mol. The molecule has 0 aliphatic carbocycles. The van der Waals surface area contributed by atoms with Crippen LogP contribution in [0, 0.1) is 0 Å². The number of hydrogen-bond donors (Lipinski definition) is 0. The lowest BCUT2D eigenvalue weighted by atomic mass is 9.36. The fourth-order valence-electron chi connectivity index (χ4n) is 12.2. The maximum Gasteiger partial charge on any atom is 0.264 e. The molecule has 4 heterocycles. The Labute approximate surface area is 482 Å². The minimum Gasteiger partial charge on any atom is -0.456 e. The number of hydrogen-bond acceptors (Lipinski definition) is 5. The Balaban J connectivity index is 1.12. The van der Waals surface area contributed by atoms with Gasteiger partial charge in [-0.3, -0.25) is 0 Å².